The normalized spacial score (nSPS) is 10.2. The van der Waals surface area contributed by atoms with Crippen molar-refractivity contribution in [2.75, 3.05) is 11.9 Å². The summed E-state index contributed by atoms with van der Waals surface area (Å²) in [4.78, 5) is 13.8. The highest BCUT2D eigenvalue weighted by Crippen LogP contribution is 2.26. The fraction of sp³-hybridized carbons (Fsp3) is 0.133. The largest absolute Gasteiger partial charge is 0.504 e. The van der Waals surface area contributed by atoms with E-state index in [2.05, 4.69) is 0 Å². The van der Waals surface area contributed by atoms with Gasteiger partial charge >= 0.3 is 0 Å². The predicted octanol–water partition coefficient (Wildman–Crippen LogP) is 2.68. The van der Waals surface area contributed by atoms with E-state index in [1.165, 1.54) is 23.1 Å². The van der Waals surface area contributed by atoms with Crippen molar-refractivity contribution in [1.29, 1.82) is 0 Å². The van der Waals surface area contributed by atoms with Crippen LogP contribution >= 0.6 is 0 Å². The van der Waals surface area contributed by atoms with E-state index in [0.717, 1.165) is 11.3 Å². The van der Waals surface area contributed by atoms with Gasteiger partial charge in [0.2, 0.25) is 0 Å². The second-order valence-corrected chi connectivity index (χ2v) is 4.41. The maximum absolute atomic E-state index is 12.3. The molecule has 0 radical (unpaired) electrons. The third-order valence-corrected chi connectivity index (χ3v) is 2.92. The third kappa shape index (κ3) is 2.68. The number of hydrogen-bond acceptors (Lipinski definition) is 3. The Kier molecular flexibility index (Phi) is 3.42. The van der Waals surface area contributed by atoms with Crippen LogP contribution in [0.25, 0.3) is 0 Å². The van der Waals surface area contributed by atoms with Crippen LogP contribution in [-0.4, -0.2) is 23.2 Å². The standard InChI is InChI=1S/C15H15NO3/c1-10-4-3-5-12(8-10)16(2)15(19)11-6-7-13(17)14(18)9-11/h3-9,17-18H,1-2H3. The zero-order valence-corrected chi connectivity index (χ0v) is 10.8. The summed E-state index contributed by atoms with van der Waals surface area (Å²) in [6.45, 7) is 1.95. The molecule has 0 unspecified atom stereocenters. The number of phenolic OH excluding ortho intramolecular Hbond substituents is 2. The van der Waals surface area contributed by atoms with Gasteiger partial charge in [0.1, 0.15) is 0 Å². The number of phenols is 2. The molecule has 0 aromatic heterocycles. The van der Waals surface area contributed by atoms with Crippen molar-refractivity contribution in [3.63, 3.8) is 0 Å². The van der Waals surface area contributed by atoms with Gasteiger partial charge in [0.05, 0.1) is 0 Å². The second-order valence-electron chi connectivity index (χ2n) is 4.41. The molecule has 2 aromatic rings. The Morgan fingerprint density at radius 2 is 1.79 bits per heavy atom. The van der Waals surface area contributed by atoms with Crippen LogP contribution in [0.5, 0.6) is 11.5 Å². The molecule has 0 aliphatic carbocycles. The number of anilines is 1. The van der Waals surface area contributed by atoms with E-state index < -0.39 is 0 Å². The first-order valence-corrected chi connectivity index (χ1v) is 5.86. The molecule has 19 heavy (non-hydrogen) atoms. The van der Waals surface area contributed by atoms with Crippen molar-refractivity contribution in [1.82, 2.24) is 0 Å². The molecule has 0 saturated carbocycles. The van der Waals surface area contributed by atoms with Gasteiger partial charge in [-0.15, -0.1) is 0 Å². The van der Waals surface area contributed by atoms with Gasteiger partial charge in [-0.2, -0.15) is 0 Å². The van der Waals surface area contributed by atoms with Crippen LogP contribution in [0.1, 0.15) is 15.9 Å². The molecule has 2 aromatic carbocycles. The molecule has 98 valence electrons. The quantitative estimate of drug-likeness (QED) is 0.813. The van der Waals surface area contributed by atoms with Crippen molar-refractivity contribution in [2.24, 2.45) is 0 Å². The van der Waals surface area contributed by atoms with Gasteiger partial charge in [-0.25, -0.2) is 0 Å². The molecule has 0 aliphatic heterocycles. The zero-order valence-electron chi connectivity index (χ0n) is 10.8. The minimum atomic E-state index is -0.302. The van der Waals surface area contributed by atoms with Crippen molar-refractivity contribution >= 4 is 11.6 Å². The summed E-state index contributed by atoms with van der Waals surface area (Å²) in [6, 6.07) is 11.6. The number of hydrogen-bond donors (Lipinski definition) is 2. The summed E-state index contributed by atoms with van der Waals surface area (Å²) in [5, 5.41) is 18.7. The van der Waals surface area contributed by atoms with Gasteiger partial charge in [0.25, 0.3) is 5.91 Å². The molecule has 0 bridgehead atoms. The molecule has 0 spiro atoms. The van der Waals surface area contributed by atoms with Crippen LogP contribution in [-0.2, 0) is 0 Å². The molecule has 2 N–H and O–H groups in total. The van der Waals surface area contributed by atoms with Gasteiger partial charge in [-0.05, 0) is 42.8 Å². The van der Waals surface area contributed by atoms with E-state index in [1.807, 2.05) is 31.2 Å². The maximum atomic E-state index is 12.3. The van der Waals surface area contributed by atoms with E-state index >= 15 is 0 Å². The molecule has 1 amide bonds. The molecule has 4 heteroatoms. The zero-order chi connectivity index (χ0) is 14.0. The van der Waals surface area contributed by atoms with Crippen molar-refractivity contribution in [2.45, 2.75) is 6.92 Å². The van der Waals surface area contributed by atoms with E-state index in [9.17, 15) is 15.0 Å². The Morgan fingerprint density at radius 1 is 1.05 bits per heavy atom. The molecule has 0 aliphatic rings. The number of aryl methyl sites for hydroxylation is 1. The third-order valence-electron chi connectivity index (χ3n) is 2.92. The molecule has 0 heterocycles. The highest BCUT2D eigenvalue weighted by atomic mass is 16.3. The van der Waals surface area contributed by atoms with E-state index in [1.54, 1.807) is 7.05 Å². The molecule has 0 atom stereocenters. The van der Waals surface area contributed by atoms with Crippen LogP contribution < -0.4 is 4.90 Å². The smallest absolute Gasteiger partial charge is 0.258 e. The first-order chi connectivity index (χ1) is 8.99. The number of benzene rings is 2. The highest BCUT2D eigenvalue weighted by Gasteiger charge is 2.15. The summed E-state index contributed by atoms with van der Waals surface area (Å²) in [5.41, 5.74) is 2.16. The van der Waals surface area contributed by atoms with Crippen LogP contribution in [0.4, 0.5) is 5.69 Å². The van der Waals surface area contributed by atoms with Gasteiger partial charge in [0, 0.05) is 18.3 Å². The topological polar surface area (TPSA) is 60.8 Å². The molecule has 0 fully saturated rings. The number of carbonyl (C=O) groups excluding carboxylic acids is 1. The minimum absolute atomic E-state index is 0.241. The fourth-order valence-corrected chi connectivity index (χ4v) is 1.80. The fourth-order valence-electron chi connectivity index (χ4n) is 1.80. The number of amides is 1. The lowest BCUT2D eigenvalue weighted by Crippen LogP contribution is -2.26. The lowest BCUT2D eigenvalue weighted by molar-refractivity contribution is 0.0992. The van der Waals surface area contributed by atoms with Crippen LogP contribution in [0, 0.1) is 6.92 Å². The number of aromatic hydroxyl groups is 2. The molecular formula is C15H15NO3. The van der Waals surface area contributed by atoms with Crippen LogP contribution in [0.15, 0.2) is 42.5 Å². The van der Waals surface area contributed by atoms with Crippen molar-refractivity contribution in [3.05, 3.63) is 53.6 Å². The minimum Gasteiger partial charge on any atom is -0.504 e. The van der Waals surface area contributed by atoms with Gasteiger partial charge in [-0.1, -0.05) is 12.1 Å². The van der Waals surface area contributed by atoms with Crippen LogP contribution in [0.2, 0.25) is 0 Å². The first kappa shape index (κ1) is 13.0. The Balaban J connectivity index is 2.30. The summed E-state index contributed by atoms with van der Waals surface area (Å²) in [6.07, 6.45) is 0. The number of rotatable bonds is 2. The van der Waals surface area contributed by atoms with Gasteiger partial charge in [0.15, 0.2) is 11.5 Å². The van der Waals surface area contributed by atoms with Crippen LogP contribution in [0.3, 0.4) is 0 Å². The monoisotopic (exact) mass is 257 g/mol. The molecule has 0 saturated heterocycles. The predicted molar refractivity (Wildman–Crippen MR) is 73.7 cm³/mol. The van der Waals surface area contributed by atoms with Crippen molar-refractivity contribution < 1.29 is 15.0 Å². The average Bonchev–Trinajstić information content (AvgIpc) is 2.40. The van der Waals surface area contributed by atoms with E-state index in [4.69, 9.17) is 0 Å². The van der Waals surface area contributed by atoms with Gasteiger partial charge < -0.3 is 15.1 Å². The number of nitrogens with zero attached hydrogens (tertiary/aromatic N) is 1. The molecule has 2 rings (SSSR count). The average molecular weight is 257 g/mol. The van der Waals surface area contributed by atoms with Gasteiger partial charge in [-0.3, -0.25) is 4.79 Å². The molecule has 4 nitrogen and oxygen atoms in total. The summed E-state index contributed by atoms with van der Waals surface area (Å²) in [5.74, 6) is -0.792. The Morgan fingerprint density at radius 3 is 2.42 bits per heavy atom. The second kappa shape index (κ2) is 5.02. The Labute approximate surface area is 111 Å². The molecular weight excluding hydrogens is 242 g/mol. The van der Waals surface area contributed by atoms with E-state index in [-0.39, 0.29) is 17.4 Å². The maximum Gasteiger partial charge on any atom is 0.258 e. The SMILES string of the molecule is Cc1cccc(N(C)C(=O)c2ccc(O)c(O)c2)c1. The Hall–Kier alpha value is -2.49. The summed E-state index contributed by atoms with van der Waals surface area (Å²) < 4.78 is 0. The lowest BCUT2D eigenvalue weighted by atomic mass is 10.1. The first-order valence-electron chi connectivity index (χ1n) is 5.86. The summed E-state index contributed by atoms with van der Waals surface area (Å²) in [7, 11) is 1.67. The van der Waals surface area contributed by atoms with E-state index in [0.29, 0.717) is 5.56 Å². The lowest BCUT2D eigenvalue weighted by Gasteiger charge is -2.18. The summed E-state index contributed by atoms with van der Waals surface area (Å²) >= 11 is 0. The van der Waals surface area contributed by atoms with Crippen molar-refractivity contribution in [3.8, 4) is 11.5 Å². The Bertz CT molecular complexity index is 623. The highest BCUT2D eigenvalue weighted by molar-refractivity contribution is 6.06. The number of carbonyl (C=O) groups is 1.